The number of aliphatic carboxylic acids is 1. The van der Waals surface area contributed by atoms with E-state index in [9.17, 15) is 18.3 Å². The first-order chi connectivity index (χ1) is 13.2. The number of unbranched alkanes of at least 4 members (excludes halogenated alkanes) is 1. The van der Waals surface area contributed by atoms with E-state index in [0.29, 0.717) is 38.0 Å². The van der Waals surface area contributed by atoms with Crippen LogP contribution in [0.1, 0.15) is 32.1 Å². The van der Waals surface area contributed by atoms with E-state index >= 15 is 0 Å². The molecule has 0 heterocycles. The molecular formula is C19H28BrNO6S. The maximum atomic E-state index is 11.9. The average Bonchev–Trinajstić information content (AvgIpc) is 2.60. The average molecular weight is 478 g/mol. The third-order valence-corrected chi connectivity index (χ3v) is 5.65. The summed E-state index contributed by atoms with van der Waals surface area (Å²) in [5, 5.41) is 18.6. The summed E-state index contributed by atoms with van der Waals surface area (Å²) < 4.78 is 31.5. The smallest absolute Gasteiger partial charge is 0.303 e. The Morgan fingerprint density at radius 1 is 1.32 bits per heavy atom. The Morgan fingerprint density at radius 3 is 2.71 bits per heavy atom. The van der Waals surface area contributed by atoms with Crippen molar-refractivity contribution in [2.75, 3.05) is 26.0 Å². The van der Waals surface area contributed by atoms with Crippen molar-refractivity contribution in [3.8, 4) is 5.75 Å². The molecule has 0 amide bonds. The highest BCUT2D eigenvalue weighted by molar-refractivity contribution is 9.10. The second-order valence-electron chi connectivity index (χ2n) is 6.44. The number of benzene rings is 1. The van der Waals surface area contributed by atoms with Gasteiger partial charge >= 0.3 is 5.97 Å². The molecule has 0 fully saturated rings. The second kappa shape index (κ2) is 12.9. The normalized spacial score (nSPS) is 13.1. The summed E-state index contributed by atoms with van der Waals surface area (Å²) in [6, 6.07) is 7.32. The number of halogens is 1. The number of aliphatic hydroxyl groups is 1. The van der Waals surface area contributed by atoms with Crippen LogP contribution in [0.25, 0.3) is 0 Å². The van der Waals surface area contributed by atoms with Crippen molar-refractivity contribution in [1.29, 1.82) is 0 Å². The number of allylic oxidation sites excluding steroid dienone is 1. The van der Waals surface area contributed by atoms with E-state index in [4.69, 9.17) is 9.84 Å². The molecule has 158 valence electrons. The molecule has 28 heavy (non-hydrogen) atoms. The van der Waals surface area contributed by atoms with Crippen molar-refractivity contribution in [3.05, 3.63) is 40.9 Å². The van der Waals surface area contributed by atoms with Crippen LogP contribution in [0.15, 0.2) is 40.9 Å². The van der Waals surface area contributed by atoms with E-state index in [1.54, 1.807) is 24.3 Å². The number of carboxylic acid groups (broad SMARTS) is 1. The molecule has 0 saturated heterocycles. The summed E-state index contributed by atoms with van der Waals surface area (Å²) in [6.45, 7) is 0.668. The van der Waals surface area contributed by atoms with E-state index < -0.39 is 22.1 Å². The molecule has 1 aromatic carbocycles. The quantitative estimate of drug-likeness (QED) is 0.315. The Morgan fingerprint density at radius 2 is 2.07 bits per heavy atom. The molecule has 0 radical (unpaired) electrons. The molecule has 7 nitrogen and oxygen atoms in total. The summed E-state index contributed by atoms with van der Waals surface area (Å²) in [5.41, 5.74) is 0. The van der Waals surface area contributed by atoms with Gasteiger partial charge in [0.1, 0.15) is 12.4 Å². The van der Waals surface area contributed by atoms with Crippen LogP contribution in [-0.4, -0.2) is 61.0 Å². The fourth-order valence-corrected chi connectivity index (χ4v) is 3.61. The predicted molar refractivity (Wildman–Crippen MR) is 112 cm³/mol. The minimum absolute atomic E-state index is 0.0972. The molecule has 1 unspecified atom stereocenters. The minimum Gasteiger partial charge on any atom is -0.491 e. The van der Waals surface area contributed by atoms with Crippen molar-refractivity contribution in [2.24, 2.45) is 0 Å². The van der Waals surface area contributed by atoms with Gasteiger partial charge in [-0.15, -0.1) is 0 Å². The maximum Gasteiger partial charge on any atom is 0.303 e. The number of rotatable bonds is 14. The van der Waals surface area contributed by atoms with Gasteiger partial charge in [0.05, 0.1) is 12.4 Å². The first-order valence-corrected chi connectivity index (χ1v) is 11.7. The lowest BCUT2D eigenvalue weighted by Gasteiger charge is -2.19. The maximum absolute atomic E-state index is 11.9. The zero-order valence-corrected chi connectivity index (χ0v) is 18.4. The van der Waals surface area contributed by atoms with Gasteiger partial charge in [-0.2, -0.15) is 4.31 Å². The SMILES string of the molecule is CS(=O)(=O)N(C/C=C\CCCC(=O)O)CCCC(O)COc1cccc(Br)c1. The first-order valence-electron chi connectivity index (χ1n) is 9.07. The number of hydrogen-bond acceptors (Lipinski definition) is 5. The van der Waals surface area contributed by atoms with Crippen LogP contribution in [0.3, 0.4) is 0 Å². The molecule has 0 saturated carbocycles. The van der Waals surface area contributed by atoms with E-state index in [1.807, 2.05) is 12.1 Å². The van der Waals surface area contributed by atoms with Gasteiger partial charge in [-0.25, -0.2) is 8.42 Å². The second-order valence-corrected chi connectivity index (χ2v) is 9.34. The molecule has 0 aliphatic rings. The van der Waals surface area contributed by atoms with Gasteiger partial charge < -0.3 is 14.9 Å². The highest BCUT2D eigenvalue weighted by Crippen LogP contribution is 2.18. The van der Waals surface area contributed by atoms with Crippen LogP contribution >= 0.6 is 15.9 Å². The molecule has 0 aliphatic carbocycles. The Hall–Kier alpha value is -1.42. The zero-order valence-electron chi connectivity index (χ0n) is 16.0. The van der Waals surface area contributed by atoms with Gasteiger partial charge in [0.15, 0.2) is 0 Å². The lowest BCUT2D eigenvalue weighted by atomic mass is 10.2. The minimum atomic E-state index is -3.36. The van der Waals surface area contributed by atoms with Crippen LogP contribution in [0.4, 0.5) is 0 Å². The van der Waals surface area contributed by atoms with Crippen molar-refractivity contribution in [2.45, 2.75) is 38.2 Å². The molecule has 1 aromatic rings. The molecule has 0 spiro atoms. The number of sulfonamides is 1. The van der Waals surface area contributed by atoms with Crippen LogP contribution in [0.5, 0.6) is 5.75 Å². The number of ether oxygens (including phenoxy) is 1. The third-order valence-electron chi connectivity index (χ3n) is 3.89. The molecule has 2 N–H and O–H groups in total. The molecule has 1 atom stereocenters. The molecule has 0 aromatic heterocycles. The fourth-order valence-electron chi connectivity index (χ4n) is 2.41. The zero-order chi connectivity index (χ0) is 21.0. The summed E-state index contributed by atoms with van der Waals surface area (Å²) in [4.78, 5) is 10.4. The number of aliphatic hydroxyl groups excluding tert-OH is 1. The van der Waals surface area contributed by atoms with Gasteiger partial charge in [0.2, 0.25) is 10.0 Å². The van der Waals surface area contributed by atoms with Crippen LogP contribution in [0, 0.1) is 0 Å². The van der Waals surface area contributed by atoms with Gasteiger partial charge in [-0.1, -0.05) is 34.1 Å². The third kappa shape index (κ3) is 11.4. The number of carboxylic acids is 1. The number of nitrogens with zero attached hydrogens (tertiary/aromatic N) is 1. The number of hydrogen-bond donors (Lipinski definition) is 2. The van der Waals surface area contributed by atoms with Crippen LogP contribution in [-0.2, 0) is 14.8 Å². The Bertz CT molecular complexity index is 738. The highest BCUT2D eigenvalue weighted by atomic mass is 79.9. The van der Waals surface area contributed by atoms with Crippen molar-refractivity contribution >= 4 is 31.9 Å². The van der Waals surface area contributed by atoms with Gasteiger partial charge in [-0.05, 0) is 43.9 Å². The monoisotopic (exact) mass is 477 g/mol. The predicted octanol–water partition coefficient (Wildman–Crippen LogP) is 3.04. The van der Waals surface area contributed by atoms with Crippen molar-refractivity contribution in [1.82, 2.24) is 4.31 Å². The van der Waals surface area contributed by atoms with E-state index in [2.05, 4.69) is 15.9 Å². The Balaban J connectivity index is 2.34. The first kappa shape index (κ1) is 24.6. The molecule has 0 bridgehead atoms. The van der Waals surface area contributed by atoms with Gasteiger partial charge in [0, 0.05) is 24.0 Å². The van der Waals surface area contributed by atoms with E-state index in [-0.39, 0.29) is 19.6 Å². The Kier molecular flexibility index (Phi) is 11.4. The van der Waals surface area contributed by atoms with Crippen LogP contribution < -0.4 is 4.74 Å². The lowest BCUT2D eigenvalue weighted by Crippen LogP contribution is -2.32. The fraction of sp³-hybridized carbons (Fsp3) is 0.526. The highest BCUT2D eigenvalue weighted by Gasteiger charge is 2.15. The van der Waals surface area contributed by atoms with Crippen molar-refractivity contribution < 1.29 is 28.2 Å². The molecule has 0 aliphatic heterocycles. The lowest BCUT2D eigenvalue weighted by molar-refractivity contribution is -0.137. The molecule has 1 rings (SSSR count). The summed E-state index contributed by atoms with van der Waals surface area (Å²) >= 11 is 3.35. The van der Waals surface area contributed by atoms with Crippen LogP contribution in [0.2, 0.25) is 0 Å². The van der Waals surface area contributed by atoms with E-state index in [0.717, 1.165) is 10.7 Å². The largest absolute Gasteiger partial charge is 0.491 e. The molecular weight excluding hydrogens is 450 g/mol. The Labute approximate surface area is 175 Å². The number of carbonyl (C=O) groups is 1. The summed E-state index contributed by atoms with van der Waals surface area (Å²) in [6.07, 6.45) is 6.12. The summed E-state index contributed by atoms with van der Waals surface area (Å²) in [5.74, 6) is -0.187. The summed E-state index contributed by atoms with van der Waals surface area (Å²) in [7, 11) is -3.36. The topological polar surface area (TPSA) is 104 Å². The van der Waals surface area contributed by atoms with Gasteiger partial charge in [0.25, 0.3) is 0 Å². The van der Waals surface area contributed by atoms with Gasteiger partial charge in [-0.3, -0.25) is 4.79 Å². The van der Waals surface area contributed by atoms with E-state index in [1.165, 1.54) is 4.31 Å². The standard InChI is InChI=1S/C19H28BrNO6S/c1-28(25,26)21(12-5-3-2-4-11-19(23)24)13-7-9-17(22)15-27-18-10-6-8-16(20)14-18/h3,5-6,8,10,14,17,22H,2,4,7,9,11-13,15H2,1H3,(H,23,24)/b5-3-. The molecule has 9 heteroatoms. The van der Waals surface area contributed by atoms with Crippen molar-refractivity contribution in [3.63, 3.8) is 0 Å².